The molecule has 0 saturated carbocycles. The predicted molar refractivity (Wildman–Crippen MR) is 61.2 cm³/mol. The van der Waals surface area contributed by atoms with Crippen LogP contribution in [-0.4, -0.2) is 15.6 Å². The Labute approximate surface area is 95.7 Å². The fourth-order valence-electron chi connectivity index (χ4n) is 1.61. The summed E-state index contributed by atoms with van der Waals surface area (Å²) in [6.07, 6.45) is 0. The number of halogens is 1. The predicted octanol–water partition coefficient (Wildman–Crippen LogP) is 1.89. The largest absolute Gasteiger partial charge is 0.477 e. The summed E-state index contributed by atoms with van der Waals surface area (Å²) >= 11 is 5.95. The second kappa shape index (κ2) is 3.64. The Hall–Kier alpha value is -1.81. The van der Waals surface area contributed by atoms with Crippen molar-refractivity contribution in [2.45, 2.75) is 0 Å². The lowest BCUT2D eigenvalue weighted by atomic mass is 10.1. The summed E-state index contributed by atoms with van der Waals surface area (Å²) in [6.45, 7) is 0. The Morgan fingerprint density at radius 1 is 1.44 bits per heavy atom. The van der Waals surface area contributed by atoms with Crippen molar-refractivity contribution in [3.8, 4) is 0 Å². The number of hydrogen-bond donors (Lipinski definition) is 1. The van der Waals surface area contributed by atoms with Gasteiger partial charge in [0.2, 0.25) is 0 Å². The summed E-state index contributed by atoms with van der Waals surface area (Å²) in [5.41, 5.74) is -0.201. The number of carbonyl (C=O) groups is 1. The minimum Gasteiger partial charge on any atom is -0.477 e. The monoisotopic (exact) mass is 237 g/mol. The molecule has 0 aliphatic heterocycles. The standard InChI is InChI=1S/C11H8ClNO3/c1-13-9-4-2-3-8(12)6(9)5-7(10(13)14)11(15)16/h2-5H,1H3,(H,15,16). The molecule has 82 valence electrons. The van der Waals surface area contributed by atoms with Crippen molar-refractivity contribution in [2.24, 2.45) is 7.05 Å². The molecule has 1 aromatic heterocycles. The summed E-state index contributed by atoms with van der Waals surface area (Å²) in [5, 5.41) is 9.87. The Bertz CT molecular complexity index is 645. The number of carboxylic acids is 1. The van der Waals surface area contributed by atoms with Crippen LogP contribution in [0.4, 0.5) is 0 Å². The summed E-state index contributed by atoms with van der Waals surface area (Å²) in [6, 6.07) is 6.39. The number of aryl methyl sites for hydroxylation is 1. The lowest BCUT2D eigenvalue weighted by molar-refractivity contribution is 0.0694. The van der Waals surface area contributed by atoms with E-state index in [2.05, 4.69) is 0 Å². The van der Waals surface area contributed by atoms with Crippen LogP contribution in [0.5, 0.6) is 0 Å². The third-order valence-corrected chi connectivity index (χ3v) is 2.77. The molecule has 0 spiro atoms. The van der Waals surface area contributed by atoms with E-state index in [1.165, 1.54) is 17.7 Å². The highest BCUT2D eigenvalue weighted by Crippen LogP contribution is 2.22. The van der Waals surface area contributed by atoms with Gasteiger partial charge >= 0.3 is 5.97 Å². The number of aromatic nitrogens is 1. The highest BCUT2D eigenvalue weighted by Gasteiger charge is 2.13. The summed E-state index contributed by atoms with van der Waals surface area (Å²) < 4.78 is 1.28. The van der Waals surface area contributed by atoms with Crippen LogP contribution in [0.25, 0.3) is 10.9 Å². The van der Waals surface area contributed by atoms with E-state index in [0.29, 0.717) is 15.9 Å². The quantitative estimate of drug-likeness (QED) is 0.824. The van der Waals surface area contributed by atoms with Gasteiger partial charge in [-0.15, -0.1) is 0 Å². The first-order chi connectivity index (χ1) is 7.52. The molecule has 0 atom stereocenters. The van der Waals surface area contributed by atoms with Crippen molar-refractivity contribution in [3.63, 3.8) is 0 Å². The maximum Gasteiger partial charge on any atom is 0.341 e. The van der Waals surface area contributed by atoms with Gasteiger partial charge < -0.3 is 9.67 Å². The summed E-state index contributed by atoms with van der Waals surface area (Å²) in [4.78, 5) is 22.5. The molecule has 0 amide bonds. The molecule has 0 saturated heterocycles. The van der Waals surface area contributed by atoms with Gasteiger partial charge in [-0.1, -0.05) is 17.7 Å². The maximum absolute atomic E-state index is 11.7. The van der Waals surface area contributed by atoms with E-state index in [1.807, 2.05) is 0 Å². The van der Waals surface area contributed by atoms with E-state index in [4.69, 9.17) is 16.7 Å². The molecular formula is C11H8ClNO3. The second-order valence-corrected chi connectivity index (χ2v) is 3.81. The van der Waals surface area contributed by atoms with Crippen molar-refractivity contribution in [1.29, 1.82) is 0 Å². The van der Waals surface area contributed by atoms with Gasteiger partial charge in [0, 0.05) is 17.5 Å². The third kappa shape index (κ3) is 1.47. The van der Waals surface area contributed by atoms with Gasteiger partial charge in [-0.2, -0.15) is 0 Å². The fraction of sp³-hybridized carbons (Fsp3) is 0.0909. The Kier molecular flexibility index (Phi) is 2.44. The van der Waals surface area contributed by atoms with Crippen LogP contribution in [0.3, 0.4) is 0 Å². The number of nitrogens with zero attached hydrogens (tertiary/aromatic N) is 1. The zero-order chi connectivity index (χ0) is 11.9. The van der Waals surface area contributed by atoms with Crippen LogP contribution in [0, 0.1) is 0 Å². The Balaban J connectivity index is 3.00. The van der Waals surface area contributed by atoms with E-state index in [1.54, 1.807) is 18.2 Å². The number of fused-ring (bicyclic) bond motifs is 1. The SMILES string of the molecule is Cn1c(=O)c(C(=O)O)cc2c(Cl)cccc21. The molecule has 0 radical (unpaired) electrons. The number of rotatable bonds is 1. The Morgan fingerprint density at radius 3 is 2.75 bits per heavy atom. The number of carboxylic acid groups (broad SMARTS) is 1. The molecule has 2 aromatic rings. The molecule has 5 heteroatoms. The first-order valence-corrected chi connectivity index (χ1v) is 4.91. The summed E-state index contributed by atoms with van der Waals surface area (Å²) in [5.74, 6) is -1.25. The highest BCUT2D eigenvalue weighted by molar-refractivity contribution is 6.35. The van der Waals surface area contributed by atoms with Gasteiger partial charge in [0.25, 0.3) is 5.56 Å². The zero-order valence-corrected chi connectivity index (χ0v) is 9.15. The van der Waals surface area contributed by atoms with E-state index in [9.17, 15) is 9.59 Å². The maximum atomic E-state index is 11.7. The van der Waals surface area contributed by atoms with Gasteiger partial charge in [-0.25, -0.2) is 4.79 Å². The van der Waals surface area contributed by atoms with Crippen LogP contribution >= 0.6 is 11.6 Å². The van der Waals surface area contributed by atoms with E-state index >= 15 is 0 Å². The van der Waals surface area contributed by atoms with Crippen molar-refractivity contribution in [1.82, 2.24) is 4.57 Å². The number of benzene rings is 1. The van der Waals surface area contributed by atoms with Gasteiger partial charge in [0.05, 0.1) is 5.52 Å². The second-order valence-electron chi connectivity index (χ2n) is 3.40. The van der Waals surface area contributed by atoms with Crippen molar-refractivity contribution >= 4 is 28.5 Å². The van der Waals surface area contributed by atoms with E-state index in [0.717, 1.165) is 0 Å². The van der Waals surface area contributed by atoms with E-state index in [-0.39, 0.29) is 5.56 Å². The van der Waals surface area contributed by atoms with Gasteiger partial charge in [0.1, 0.15) is 5.56 Å². The van der Waals surface area contributed by atoms with Crippen molar-refractivity contribution in [3.05, 3.63) is 45.2 Å². The number of aromatic carboxylic acids is 1. The molecule has 16 heavy (non-hydrogen) atoms. The van der Waals surface area contributed by atoms with Crippen LogP contribution in [0.15, 0.2) is 29.1 Å². The third-order valence-electron chi connectivity index (χ3n) is 2.45. The molecule has 0 bridgehead atoms. The molecule has 1 N–H and O–H groups in total. The molecule has 1 heterocycles. The highest BCUT2D eigenvalue weighted by atomic mass is 35.5. The van der Waals surface area contributed by atoms with Gasteiger partial charge in [0.15, 0.2) is 0 Å². The first-order valence-electron chi connectivity index (χ1n) is 4.54. The normalized spacial score (nSPS) is 10.6. The van der Waals surface area contributed by atoms with Gasteiger partial charge in [-0.05, 0) is 18.2 Å². The molecule has 0 fully saturated rings. The fourth-order valence-corrected chi connectivity index (χ4v) is 1.83. The minimum absolute atomic E-state index is 0.275. The molecule has 0 unspecified atom stereocenters. The average molecular weight is 238 g/mol. The molecule has 1 aromatic carbocycles. The molecule has 2 rings (SSSR count). The average Bonchev–Trinajstić information content (AvgIpc) is 2.23. The number of pyridine rings is 1. The topological polar surface area (TPSA) is 59.3 Å². The minimum atomic E-state index is -1.25. The van der Waals surface area contributed by atoms with Gasteiger partial charge in [-0.3, -0.25) is 4.79 Å². The van der Waals surface area contributed by atoms with Crippen LogP contribution in [0.2, 0.25) is 5.02 Å². The smallest absolute Gasteiger partial charge is 0.341 e. The molecular weight excluding hydrogens is 230 g/mol. The molecule has 0 aliphatic carbocycles. The zero-order valence-electron chi connectivity index (χ0n) is 8.40. The lowest BCUT2D eigenvalue weighted by Crippen LogP contribution is -2.24. The van der Waals surface area contributed by atoms with Crippen LogP contribution < -0.4 is 5.56 Å². The van der Waals surface area contributed by atoms with Crippen molar-refractivity contribution in [2.75, 3.05) is 0 Å². The number of hydrogen-bond acceptors (Lipinski definition) is 2. The molecule has 4 nitrogen and oxygen atoms in total. The lowest BCUT2D eigenvalue weighted by Gasteiger charge is -2.07. The van der Waals surface area contributed by atoms with Crippen molar-refractivity contribution < 1.29 is 9.90 Å². The first kappa shape index (κ1) is 10.7. The Morgan fingerprint density at radius 2 is 2.12 bits per heavy atom. The van der Waals surface area contributed by atoms with E-state index < -0.39 is 11.5 Å². The van der Waals surface area contributed by atoms with Crippen LogP contribution in [-0.2, 0) is 7.05 Å². The van der Waals surface area contributed by atoms with Crippen LogP contribution in [0.1, 0.15) is 10.4 Å². The summed E-state index contributed by atoms with van der Waals surface area (Å²) in [7, 11) is 1.52. The molecule has 0 aliphatic rings.